The number of ketones is 1. The minimum Gasteiger partial charge on any atom is -0.369 e. The van der Waals surface area contributed by atoms with E-state index in [0.29, 0.717) is 0 Å². The molecule has 0 spiro atoms. The van der Waals surface area contributed by atoms with E-state index in [2.05, 4.69) is 0 Å². The van der Waals surface area contributed by atoms with Gasteiger partial charge in [0.05, 0.1) is 0 Å². The van der Waals surface area contributed by atoms with E-state index in [1.165, 1.54) is 0 Å². The topological polar surface area (TPSA) is 26.3 Å². The van der Waals surface area contributed by atoms with Gasteiger partial charge in [-0.25, -0.2) is 0 Å². The molecule has 2 nitrogen and oxygen atoms in total. The number of benzene rings is 2. The molecule has 2 heteroatoms. The molecule has 1 unspecified atom stereocenters. The van der Waals surface area contributed by atoms with Crippen molar-refractivity contribution in [2.75, 3.05) is 7.11 Å². The van der Waals surface area contributed by atoms with Gasteiger partial charge in [-0.1, -0.05) is 42.0 Å². The summed E-state index contributed by atoms with van der Waals surface area (Å²) in [7, 11) is 1.69. The average Bonchev–Trinajstić information content (AvgIpc) is 2.44. The van der Waals surface area contributed by atoms with Crippen LogP contribution in [-0.4, -0.2) is 12.9 Å². The summed E-state index contributed by atoms with van der Waals surface area (Å²) in [6, 6.07) is 13.7. The standard InChI is InChI=1S/C17H16O2/c1-11-8-9-15-13(10-11)16(18)12-6-4-5-7-14(12)17(15,2)19-3/h4-10H,1-3H3. The predicted octanol–water partition coefficient (Wildman–Crippen LogP) is 3.45. The van der Waals surface area contributed by atoms with Crippen molar-refractivity contribution in [1.29, 1.82) is 0 Å². The maximum Gasteiger partial charge on any atom is 0.193 e. The zero-order valence-electron chi connectivity index (χ0n) is 11.4. The molecule has 0 N–H and O–H groups in total. The van der Waals surface area contributed by atoms with Crippen molar-refractivity contribution in [1.82, 2.24) is 0 Å². The molecule has 96 valence electrons. The Morgan fingerprint density at radius 3 is 2.42 bits per heavy atom. The van der Waals surface area contributed by atoms with Gasteiger partial charge in [-0.3, -0.25) is 4.79 Å². The average molecular weight is 252 g/mol. The fourth-order valence-electron chi connectivity index (χ4n) is 2.87. The zero-order chi connectivity index (χ0) is 13.6. The fourth-order valence-corrected chi connectivity index (χ4v) is 2.87. The summed E-state index contributed by atoms with van der Waals surface area (Å²) in [5, 5.41) is 0. The number of rotatable bonds is 1. The summed E-state index contributed by atoms with van der Waals surface area (Å²) in [6.45, 7) is 4.02. The van der Waals surface area contributed by atoms with Crippen LogP contribution in [0.5, 0.6) is 0 Å². The number of carbonyl (C=O) groups is 1. The van der Waals surface area contributed by atoms with Crippen LogP contribution >= 0.6 is 0 Å². The molecule has 3 rings (SSSR count). The van der Waals surface area contributed by atoms with E-state index in [-0.39, 0.29) is 5.78 Å². The van der Waals surface area contributed by atoms with Gasteiger partial charge < -0.3 is 4.74 Å². The van der Waals surface area contributed by atoms with Gasteiger partial charge in [-0.2, -0.15) is 0 Å². The molecule has 0 heterocycles. The first-order chi connectivity index (χ1) is 9.08. The second-order valence-electron chi connectivity index (χ2n) is 5.16. The number of hydrogen-bond acceptors (Lipinski definition) is 2. The highest BCUT2D eigenvalue weighted by Gasteiger charge is 2.40. The smallest absolute Gasteiger partial charge is 0.193 e. The molecule has 0 aliphatic heterocycles. The minimum absolute atomic E-state index is 0.0869. The van der Waals surface area contributed by atoms with E-state index in [1.807, 2.05) is 56.3 Å². The molecule has 0 fully saturated rings. The maximum absolute atomic E-state index is 12.6. The number of fused-ring (bicyclic) bond motifs is 2. The van der Waals surface area contributed by atoms with E-state index in [1.54, 1.807) is 7.11 Å². The molecule has 1 aliphatic rings. The van der Waals surface area contributed by atoms with Crippen molar-refractivity contribution < 1.29 is 9.53 Å². The van der Waals surface area contributed by atoms with Gasteiger partial charge in [0, 0.05) is 18.2 Å². The van der Waals surface area contributed by atoms with Gasteiger partial charge in [-0.15, -0.1) is 0 Å². The SMILES string of the molecule is COC1(C)c2ccccc2C(=O)c2cc(C)ccc21. The third-order valence-electron chi connectivity index (χ3n) is 4.03. The second-order valence-corrected chi connectivity index (χ2v) is 5.16. The van der Waals surface area contributed by atoms with Crippen LogP contribution in [0, 0.1) is 6.92 Å². The number of carbonyl (C=O) groups excluding carboxylic acids is 1. The summed E-state index contributed by atoms with van der Waals surface area (Å²) >= 11 is 0. The highest BCUT2D eigenvalue weighted by atomic mass is 16.5. The number of methoxy groups -OCH3 is 1. The molecule has 2 aromatic rings. The summed E-state index contributed by atoms with van der Waals surface area (Å²) in [5.41, 5.74) is 3.91. The molecule has 1 aliphatic carbocycles. The molecular weight excluding hydrogens is 236 g/mol. The Hall–Kier alpha value is -1.93. The van der Waals surface area contributed by atoms with Gasteiger partial charge in [0.2, 0.25) is 0 Å². The van der Waals surface area contributed by atoms with Crippen LogP contribution in [0.3, 0.4) is 0 Å². The van der Waals surface area contributed by atoms with Crippen molar-refractivity contribution in [3.63, 3.8) is 0 Å². The van der Waals surface area contributed by atoms with Crippen LogP contribution in [0.2, 0.25) is 0 Å². The molecule has 0 amide bonds. The van der Waals surface area contributed by atoms with Crippen LogP contribution in [0.1, 0.15) is 39.5 Å². The van der Waals surface area contributed by atoms with Crippen molar-refractivity contribution >= 4 is 5.78 Å². The highest BCUT2D eigenvalue weighted by Crippen LogP contribution is 2.41. The first-order valence-electron chi connectivity index (χ1n) is 6.38. The lowest BCUT2D eigenvalue weighted by molar-refractivity contribution is 0.0353. The summed E-state index contributed by atoms with van der Waals surface area (Å²) < 4.78 is 5.77. The van der Waals surface area contributed by atoms with Crippen molar-refractivity contribution in [2.45, 2.75) is 19.4 Å². The molecule has 0 saturated heterocycles. The van der Waals surface area contributed by atoms with Gasteiger partial charge in [0.25, 0.3) is 0 Å². The zero-order valence-corrected chi connectivity index (χ0v) is 11.4. The second kappa shape index (κ2) is 4.04. The van der Waals surface area contributed by atoms with Crippen LogP contribution in [-0.2, 0) is 10.3 Å². The van der Waals surface area contributed by atoms with E-state index < -0.39 is 5.60 Å². The molecule has 2 aromatic carbocycles. The quantitative estimate of drug-likeness (QED) is 0.777. The Kier molecular flexibility index (Phi) is 2.58. The number of hydrogen-bond donors (Lipinski definition) is 0. The lowest BCUT2D eigenvalue weighted by atomic mass is 9.74. The third kappa shape index (κ3) is 1.57. The lowest BCUT2D eigenvalue weighted by Gasteiger charge is -2.36. The summed E-state index contributed by atoms with van der Waals surface area (Å²) in [5.74, 6) is 0.0869. The maximum atomic E-state index is 12.6. The van der Waals surface area contributed by atoms with E-state index >= 15 is 0 Å². The molecule has 0 saturated carbocycles. The van der Waals surface area contributed by atoms with E-state index in [0.717, 1.165) is 27.8 Å². The first-order valence-corrected chi connectivity index (χ1v) is 6.38. The fraction of sp³-hybridized carbons (Fsp3) is 0.235. The Balaban J connectivity index is 2.37. The normalized spacial score (nSPS) is 20.9. The molecular formula is C17H16O2. The number of aryl methyl sites for hydroxylation is 1. The van der Waals surface area contributed by atoms with Gasteiger partial charge in [0.15, 0.2) is 5.78 Å². The Morgan fingerprint density at radius 1 is 1.00 bits per heavy atom. The van der Waals surface area contributed by atoms with Crippen LogP contribution < -0.4 is 0 Å². The molecule has 19 heavy (non-hydrogen) atoms. The highest BCUT2D eigenvalue weighted by molar-refractivity contribution is 6.13. The lowest BCUT2D eigenvalue weighted by Crippen LogP contribution is -2.34. The Bertz CT molecular complexity index is 673. The third-order valence-corrected chi connectivity index (χ3v) is 4.03. The molecule has 0 aromatic heterocycles. The van der Waals surface area contributed by atoms with Gasteiger partial charge in [-0.05, 0) is 31.0 Å². The number of ether oxygens (including phenoxy) is 1. The molecule has 0 bridgehead atoms. The largest absolute Gasteiger partial charge is 0.369 e. The van der Waals surface area contributed by atoms with E-state index in [9.17, 15) is 4.79 Å². The minimum atomic E-state index is -0.562. The monoisotopic (exact) mass is 252 g/mol. The molecule has 0 radical (unpaired) electrons. The van der Waals surface area contributed by atoms with Gasteiger partial charge in [0.1, 0.15) is 5.60 Å². The Labute approximate surface area is 113 Å². The van der Waals surface area contributed by atoms with Crippen molar-refractivity contribution in [2.24, 2.45) is 0 Å². The summed E-state index contributed by atoms with van der Waals surface area (Å²) in [6.07, 6.45) is 0. The van der Waals surface area contributed by atoms with Crippen LogP contribution in [0.15, 0.2) is 42.5 Å². The Morgan fingerprint density at radius 2 is 1.68 bits per heavy atom. The van der Waals surface area contributed by atoms with Gasteiger partial charge >= 0.3 is 0 Å². The van der Waals surface area contributed by atoms with E-state index in [4.69, 9.17) is 4.74 Å². The predicted molar refractivity (Wildman–Crippen MR) is 74.5 cm³/mol. The first kappa shape index (κ1) is 12.1. The molecule has 1 atom stereocenters. The van der Waals surface area contributed by atoms with Crippen molar-refractivity contribution in [3.8, 4) is 0 Å². The van der Waals surface area contributed by atoms with Crippen LogP contribution in [0.4, 0.5) is 0 Å². The van der Waals surface area contributed by atoms with Crippen LogP contribution in [0.25, 0.3) is 0 Å². The summed E-state index contributed by atoms with van der Waals surface area (Å²) in [4.78, 5) is 12.6. The van der Waals surface area contributed by atoms with Crippen molar-refractivity contribution in [3.05, 3.63) is 70.3 Å².